The van der Waals surface area contributed by atoms with Crippen molar-refractivity contribution in [2.24, 2.45) is 0 Å². The summed E-state index contributed by atoms with van der Waals surface area (Å²) in [4.78, 5) is 10.5. The van der Waals surface area contributed by atoms with E-state index < -0.39 is 5.97 Å². The van der Waals surface area contributed by atoms with E-state index in [1.807, 2.05) is 42.5 Å². The van der Waals surface area contributed by atoms with Crippen LogP contribution in [0.15, 0.2) is 54.6 Å². The molecular weight excluding hydrogens is 268 g/mol. The number of para-hydroxylation sites is 1. The number of carboxylic acid groups (broad SMARTS) is 1. The van der Waals surface area contributed by atoms with Crippen LogP contribution in [0.3, 0.4) is 0 Å². The summed E-state index contributed by atoms with van der Waals surface area (Å²) in [6, 6.07) is 14.9. The van der Waals surface area contributed by atoms with Gasteiger partial charge in [-0.25, -0.2) is 4.79 Å². The molecule has 0 atom stereocenters. The lowest BCUT2D eigenvalue weighted by Crippen LogP contribution is -1.98. The molecule has 2 rings (SSSR count). The molecule has 4 nitrogen and oxygen atoms in total. The lowest BCUT2D eigenvalue weighted by atomic mass is 10.2. The van der Waals surface area contributed by atoms with Gasteiger partial charge in [0.2, 0.25) is 0 Å². The van der Waals surface area contributed by atoms with E-state index in [2.05, 4.69) is 0 Å². The zero-order chi connectivity index (χ0) is 15.1. The summed E-state index contributed by atoms with van der Waals surface area (Å²) in [5, 5.41) is 8.62. The van der Waals surface area contributed by atoms with Gasteiger partial charge in [0, 0.05) is 11.6 Å². The van der Waals surface area contributed by atoms with Crippen LogP contribution in [0, 0.1) is 0 Å². The monoisotopic (exact) mass is 284 g/mol. The third-order valence-electron chi connectivity index (χ3n) is 2.86. The molecule has 0 unspecified atom stereocenters. The predicted molar refractivity (Wildman–Crippen MR) is 80.4 cm³/mol. The number of benzene rings is 2. The Balaban J connectivity index is 2.06. The van der Waals surface area contributed by atoms with Crippen molar-refractivity contribution < 1.29 is 19.4 Å². The van der Waals surface area contributed by atoms with Crippen molar-refractivity contribution in [3.63, 3.8) is 0 Å². The lowest BCUT2D eigenvalue weighted by molar-refractivity contribution is -0.131. The van der Waals surface area contributed by atoms with Gasteiger partial charge in [0.15, 0.2) is 0 Å². The summed E-state index contributed by atoms with van der Waals surface area (Å²) in [6.45, 7) is 0.385. The maximum absolute atomic E-state index is 10.5. The first-order chi connectivity index (χ1) is 10.2. The molecule has 0 fully saturated rings. The highest BCUT2D eigenvalue weighted by Crippen LogP contribution is 2.21. The van der Waals surface area contributed by atoms with Crippen molar-refractivity contribution in [1.82, 2.24) is 0 Å². The molecule has 1 N–H and O–H groups in total. The van der Waals surface area contributed by atoms with Gasteiger partial charge in [-0.3, -0.25) is 0 Å². The van der Waals surface area contributed by atoms with E-state index in [9.17, 15) is 4.79 Å². The average Bonchev–Trinajstić information content (AvgIpc) is 2.51. The Morgan fingerprint density at radius 3 is 2.76 bits per heavy atom. The van der Waals surface area contributed by atoms with Crippen LogP contribution in [0.5, 0.6) is 11.5 Å². The standard InChI is InChI=1S/C17H16O4/c1-20-16-8-3-2-6-14(16)12-21-15-7-4-5-13(11-15)9-10-17(18)19/h2-11H,12H2,1H3,(H,18,19). The lowest BCUT2D eigenvalue weighted by Gasteiger charge is -2.10. The van der Waals surface area contributed by atoms with E-state index in [1.165, 1.54) is 6.08 Å². The van der Waals surface area contributed by atoms with Gasteiger partial charge in [-0.15, -0.1) is 0 Å². The summed E-state index contributed by atoms with van der Waals surface area (Å²) < 4.78 is 11.0. The van der Waals surface area contributed by atoms with Gasteiger partial charge in [0.1, 0.15) is 18.1 Å². The fourth-order valence-corrected chi connectivity index (χ4v) is 1.86. The topological polar surface area (TPSA) is 55.8 Å². The molecule has 2 aromatic carbocycles. The Kier molecular flexibility index (Phi) is 4.99. The highest BCUT2D eigenvalue weighted by Gasteiger charge is 2.03. The van der Waals surface area contributed by atoms with Crippen LogP contribution < -0.4 is 9.47 Å². The molecule has 0 saturated carbocycles. The molecule has 0 aliphatic heterocycles. The molecule has 0 aromatic heterocycles. The van der Waals surface area contributed by atoms with E-state index in [0.29, 0.717) is 12.4 Å². The molecule has 0 amide bonds. The first-order valence-electron chi connectivity index (χ1n) is 6.45. The summed E-state index contributed by atoms with van der Waals surface area (Å²) in [6.07, 6.45) is 2.62. The molecule has 0 radical (unpaired) electrons. The number of ether oxygens (including phenoxy) is 2. The van der Waals surface area contributed by atoms with E-state index in [-0.39, 0.29) is 0 Å². The average molecular weight is 284 g/mol. The van der Waals surface area contributed by atoms with Crippen LogP contribution in [0.4, 0.5) is 0 Å². The van der Waals surface area contributed by atoms with E-state index >= 15 is 0 Å². The summed E-state index contributed by atoms with van der Waals surface area (Å²) in [5.74, 6) is 0.475. The first-order valence-corrected chi connectivity index (χ1v) is 6.45. The molecule has 108 valence electrons. The van der Waals surface area contributed by atoms with E-state index in [4.69, 9.17) is 14.6 Å². The molecule has 21 heavy (non-hydrogen) atoms. The van der Waals surface area contributed by atoms with Gasteiger partial charge in [-0.05, 0) is 29.8 Å². The summed E-state index contributed by atoms with van der Waals surface area (Å²) in [5.41, 5.74) is 1.72. The molecule has 0 aliphatic rings. The van der Waals surface area contributed by atoms with Gasteiger partial charge in [-0.2, -0.15) is 0 Å². The van der Waals surface area contributed by atoms with E-state index in [1.54, 1.807) is 13.2 Å². The van der Waals surface area contributed by atoms with Crippen molar-refractivity contribution in [2.45, 2.75) is 6.61 Å². The van der Waals surface area contributed by atoms with Crippen LogP contribution in [0.1, 0.15) is 11.1 Å². The minimum Gasteiger partial charge on any atom is -0.496 e. The zero-order valence-corrected chi connectivity index (χ0v) is 11.7. The number of aliphatic carboxylic acids is 1. The highest BCUT2D eigenvalue weighted by molar-refractivity contribution is 5.85. The van der Waals surface area contributed by atoms with Crippen LogP contribution in [0.25, 0.3) is 6.08 Å². The number of hydrogen-bond donors (Lipinski definition) is 1. The fraction of sp³-hybridized carbons (Fsp3) is 0.118. The number of hydrogen-bond acceptors (Lipinski definition) is 3. The molecule has 2 aromatic rings. The van der Waals surface area contributed by atoms with Gasteiger partial charge < -0.3 is 14.6 Å². The van der Waals surface area contributed by atoms with Gasteiger partial charge >= 0.3 is 5.97 Å². The van der Waals surface area contributed by atoms with Crippen molar-refractivity contribution >= 4 is 12.0 Å². The van der Waals surface area contributed by atoms with Crippen LogP contribution in [0.2, 0.25) is 0 Å². The largest absolute Gasteiger partial charge is 0.496 e. The normalized spacial score (nSPS) is 10.5. The van der Waals surface area contributed by atoms with Gasteiger partial charge in [0.25, 0.3) is 0 Å². The third kappa shape index (κ3) is 4.38. The zero-order valence-electron chi connectivity index (χ0n) is 11.7. The second-order valence-electron chi connectivity index (χ2n) is 4.34. The maximum atomic E-state index is 10.5. The second kappa shape index (κ2) is 7.14. The molecular formula is C17H16O4. The van der Waals surface area contributed by atoms with Gasteiger partial charge in [-0.1, -0.05) is 30.3 Å². The highest BCUT2D eigenvalue weighted by atomic mass is 16.5. The molecule has 0 bridgehead atoms. The smallest absolute Gasteiger partial charge is 0.328 e. The van der Waals surface area contributed by atoms with E-state index in [0.717, 1.165) is 23.0 Å². The predicted octanol–water partition coefficient (Wildman–Crippen LogP) is 3.37. The van der Waals surface area contributed by atoms with Crippen molar-refractivity contribution in [2.75, 3.05) is 7.11 Å². The quantitative estimate of drug-likeness (QED) is 0.826. The number of carbonyl (C=O) groups is 1. The Labute approximate surface area is 123 Å². The molecule has 0 saturated heterocycles. The number of carboxylic acids is 1. The molecule has 0 aliphatic carbocycles. The SMILES string of the molecule is COc1ccccc1COc1cccc(C=CC(=O)O)c1. The first kappa shape index (κ1) is 14.7. The molecule has 4 heteroatoms. The van der Waals surface area contributed by atoms with Crippen LogP contribution in [-0.4, -0.2) is 18.2 Å². The minimum absolute atomic E-state index is 0.385. The van der Waals surface area contributed by atoms with Gasteiger partial charge in [0.05, 0.1) is 7.11 Å². The fourth-order valence-electron chi connectivity index (χ4n) is 1.86. The minimum atomic E-state index is -0.977. The Morgan fingerprint density at radius 2 is 2.00 bits per heavy atom. The summed E-state index contributed by atoms with van der Waals surface area (Å²) in [7, 11) is 1.62. The van der Waals surface area contributed by atoms with Crippen LogP contribution >= 0.6 is 0 Å². The molecule has 0 spiro atoms. The number of methoxy groups -OCH3 is 1. The van der Waals surface area contributed by atoms with Crippen molar-refractivity contribution in [3.8, 4) is 11.5 Å². The summed E-state index contributed by atoms with van der Waals surface area (Å²) >= 11 is 0. The third-order valence-corrected chi connectivity index (χ3v) is 2.86. The van der Waals surface area contributed by atoms with Crippen molar-refractivity contribution in [1.29, 1.82) is 0 Å². The maximum Gasteiger partial charge on any atom is 0.328 e. The second-order valence-corrected chi connectivity index (χ2v) is 4.34. The Morgan fingerprint density at radius 1 is 1.19 bits per heavy atom. The number of rotatable bonds is 6. The Bertz CT molecular complexity index is 647. The molecule has 0 heterocycles. The van der Waals surface area contributed by atoms with Crippen LogP contribution in [-0.2, 0) is 11.4 Å². The van der Waals surface area contributed by atoms with Crippen molar-refractivity contribution in [3.05, 3.63) is 65.7 Å². The Hall–Kier alpha value is -2.75.